The summed E-state index contributed by atoms with van der Waals surface area (Å²) in [7, 11) is 1.79. The number of alkyl halides is 1. The molecule has 3 heteroatoms. The largest absolute Gasteiger partial charge is 0.389 e. The van der Waals surface area contributed by atoms with E-state index in [0.717, 1.165) is 5.70 Å². The highest BCUT2D eigenvalue weighted by Crippen LogP contribution is 2.19. The molecule has 0 fully saturated rings. The molecule has 1 rings (SSSR count). The Labute approximate surface area is 70.0 Å². The molecule has 1 unspecified atom stereocenters. The molecule has 10 heavy (non-hydrogen) atoms. The van der Waals surface area contributed by atoms with Crippen LogP contribution >= 0.6 is 23.2 Å². The van der Waals surface area contributed by atoms with Gasteiger partial charge in [-0.25, -0.2) is 0 Å². The van der Waals surface area contributed by atoms with E-state index in [2.05, 4.69) is 11.0 Å². The van der Waals surface area contributed by atoms with Gasteiger partial charge in [-0.1, -0.05) is 11.6 Å². The second kappa shape index (κ2) is 3.16. The Hall–Kier alpha value is -0.360. The predicted molar refractivity (Wildman–Crippen MR) is 44.2 cm³/mol. The first-order valence-electron chi connectivity index (χ1n) is 2.90. The van der Waals surface area contributed by atoms with Gasteiger partial charge in [-0.3, -0.25) is 0 Å². The van der Waals surface area contributed by atoms with E-state index >= 15 is 0 Å². The van der Waals surface area contributed by atoms with Crippen molar-refractivity contribution in [1.82, 2.24) is 5.32 Å². The Morgan fingerprint density at radius 3 is 2.80 bits per heavy atom. The second-order valence-electron chi connectivity index (χ2n) is 1.89. The van der Waals surface area contributed by atoms with Crippen LogP contribution in [0.4, 0.5) is 0 Å². The Morgan fingerprint density at radius 1 is 1.70 bits per heavy atom. The average Bonchev–Trinajstić information content (AvgIpc) is 1.88. The zero-order chi connectivity index (χ0) is 7.56. The molecule has 1 N–H and O–H groups in total. The highest BCUT2D eigenvalue weighted by molar-refractivity contribution is 6.33. The van der Waals surface area contributed by atoms with Crippen LogP contribution in [-0.2, 0) is 0 Å². The molecule has 0 aromatic heterocycles. The third-order valence-electron chi connectivity index (χ3n) is 1.26. The second-order valence-corrected chi connectivity index (χ2v) is 2.77. The number of rotatable bonds is 1. The van der Waals surface area contributed by atoms with Crippen LogP contribution in [0.5, 0.6) is 0 Å². The molecule has 0 radical (unpaired) electrons. The van der Waals surface area contributed by atoms with E-state index in [1.54, 1.807) is 19.2 Å². The molecule has 0 heterocycles. The lowest BCUT2D eigenvalue weighted by atomic mass is 10.2. The third-order valence-corrected chi connectivity index (χ3v) is 1.91. The van der Waals surface area contributed by atoms with Crippen molar-refractivity contribution in [3.63, 3.8) is 0 Å². The number of allylic oxidation sites excluding steroid dienone is 2. The molecule has 1 nitrogen and oxygen atoms in total. The molecule has 0 saturated carbocycles. The number of hydrogen-bond acceptors (Lipinski definition) is 1. The van der Waals surface area contributed by atoms with Gasteiger partial charge in [0, 0.05) is 13.1 Å². The summed E-state index contributed by atoms with van der Waals surface area (Å²) in [4.78, 5) is 0. The first-order chi connectivity index (χ1) is 4.75. The summed E-state index contributed by atoms with van der Waals surface area (Å²) < 4.78 is 0. The maximum absolute atomic E-state index is 5.83. The molecule has 1 atom stereocenters. The molecule has 0 aromatic carbocycles. The lowest BCUT2D eigenvalue weighted by Crippen LogP contribution is -2.16. The Bertz CT molecular complexity index is 224. The minimum Gasteiger partial charge on any atom is -0.389 e. The minimum atomic E-state index is -0.164. The molecule has 1 aliphatic carbocycles. The molecule has 0 bridgehead atoms. The summed E-state index contributed by atoms with van der Waals surface area (Å²) in [6.07, 6.45) is 3.44. The van der Waals surface area contributed by atoms with Gasteiger partial charge in [0.1, 0.15) is 5.38 Å². The van der Waals surface area contributed by atoms with Crippen molar-refractivity contribution in [2.45, 2.75) is 5.38 Å². The van der Waals surface area contributed by atoms with E-state index in [0.29, 0.717) is 5.03 Å². The van der Waals surface area contributed by atoms with Crippen LogP contribution in [-0.4, -0.2) is 12.4 Å². The van der Waals surface area contributed by atoms with E-state index in [-0.39, 0.29) is 5.38 Å². The molecule has 54 valence electrons. The van der Waals surface area contributed by atoms with Gasteiger partial charge in [-0.05, 0) is 6.08 Å². The third kappa shape index (κ3) is 1.38. The van der Waals surface area contributed by atoms with Crippen molar-refractivity contribution in [2.24, 2.45) is 0 Å². The van der Waals surface area contributed by atoms with Gasteiger partial charge in [0.25, 0.3) is 0 Å². The first kappa shape index (κ1) is 7.74. The van der Waals surface area contributed by atoms with E-state index in [4.69, 9.17) is 23.2 Å². The fourth-order valence-corrected chi connectivity index (χ4v) is 1.39. The van der Waals surface area contributed by atoms with Crippen molar-refractivity contribution >= 4 is 23.2 Å². The van der Waals surface area contributed by atoms with E-state index in [9.17, 15) is 0 Å². The zero-order valence-electron chi connectivity index (χ0n) is 5.49. The zero-order valence-corrected chi connectivity index (χ0v) is 7.00. The van der Waals surface area contributed by atoms with Gasteiger partial charge >= 0.3 is 0 Å². The van der Waals surface area contributed by atoms with Crippen LogP contribution in [0.3, 0.4) is 0 Å². The topological polar surface area (TPSA) is 12.0 Å². The van der Waals surface area contributed by atoms with Crippen molar-refractivity contribution in [3.8, 4) is 0 Å². The lowest BCUT2D eigenvalue weighted by Gasteiger charge is -2.12. The molecule has 1 aliphatic rings. The molecule has 0 aromatic rings. The predicted octanol–water partition coefficient (Wildman–Crippen LogP) is 1.99. The number of nitrogens with one attached hydrogen (secondary N) is 1. The summed E-state index contributed by atoms with van der Waals surface area (Å²) in [6.45, 7) is 0. The molecule has 0 amide bonds. The van der Waals surface area contributed by atoms with Crippen LogP contribution in [0.25, 0.3) is 0 Å². The smallest absolute Gasteiger partial charge is 0.100 e. The van der Waals surface area contributed by atoms with Gasteiger partial charge < -0.3 is 5.32 Å². The van der Waals surface area contributed by atoms with Crippen molar-refractivity contribution < 1.29 is 0 Å². The fraction of sp³-hybridized carbons (Fsp3) is 0.286. The highest BCUT2D eigenvalue weighted by Gasteiger charge is 2.11. The normalized spacial score (nSPS) is 23.7. The van der Waals surface area contributed by atoms with Crippen LogP contribution < -0.4 is 5.32 Å². The van der Waals surface area contributed by atoms with Crippen molar-refractivity contribution in [2.75, 3.05) is 7.05 Å². The minimum absolute atomic E-state index is 0.164. The SMILES string of the molecule is CNC1=C(Cl)C=C=CC1Cl. The Kier molecular flexibility index (Phi) is 2.44. The number of halogens is 2. The average molecular weight is 176 g/mol. The molecule has 0 saturated heterocycles. The Balaban J connectivity index is 2.96. The van der Waals surface area contributed by atoms with E-state index in [1.165, 1.54) is 0 Å². The van der Waals surface area contributed by atoms with Crippen LogP contribution in [0.1, 0.15) is 0 Å². The number of hydrogen-bond donors (Lipinski definition) is 1. The summed E-state index contributed by atoms with van der Waals surface area (Å²) in [5.41, 5.74) is 3.67. The Morgan fingerprint density at radius 2 is 2.40 bits per heavy atom. The summed E-state index contributed by atoms with van der Waals surface area (Å²) in [5, 5.41) is 3.38. The lowest BCUT2D eigenvalue weighted by molar-refractivity contribution is 0.934. The summed E-state index contributed by atoms with van der Waals surface area (Å²) in [5.74, 6) is 0. The van der Waals surface area contributed by atoms with E-state index < -0.39 is 0 Å². The summed E-state index contributed by atoms with van der Waals surface area (Å²) >= 11 is 11.6. The quantitative estimate of drug-likeness (QED) is 0.475. The van der Waals surface area contributed by atoms with Gasteiger partial charge in [-0.2, -0.15) is 0 Å². The van der Waals surface area contributed by atoms with Gasteiger partial charge in [0.2, 0.25) is 0 Å². The monoisotopic (exact) mass is 175 g/mol. The van der Waals surface area contributed by atoms with Crippen LogP contribution in [0.2, 0.25) is 0 Å². The van der Waals surface area contributed by atoms with Crippen molar-refractivity contribution in [3.05, 3.63) is 28.6 Å². The molecule has 0 aliphatic heterocycles. The van der Waals surface area contributed by atoms with Crippen LogP contribution in [0, 0.1) is 0 Å². The standard InChI is InChI=1S/C7H7Cl2N/c1-10-7-5(8)3-2-4-6(7)9/h3-5,10H,1H3. The highest BCUT2D eigenvalue weighted by atomic mass is 35.5. The van der Waals surface area contributed by atoms with Gasteiger partial charge in [-0.15, -0.1) is 17.3 Å². The maximum Gasteiger partial charge on any atom is 0.100 e. The van der Waals surface area contributed by atoms with Gasteiger partial charge in [0.05, 0.1) is 10.7 Å². The van der Waals surface area contributed by atoms with Gasteiger partial charge in [0.15, 0.2) is 0 Å². The van der Waals surface area contributed by atoms with Crippen molar-refractivity contribution in [1.29, 1.82) is 0 Å². The molecular weight excluding hydrogens is 169 g/mol. The fourth-order valence-electron chi connectivity index (χ4n) is 0.756. The van der Waals surface area contributed by atoms with E-state index in [1.807, 2.05) is 0 Å². The maximum atomic E-state index is 5.83. The van der Waals surface area contributed by atoms with Crippen LogP contribution in [0.15, 0.2) is 28.6 Å². The molecular formula is C7H7Cl2N. The summed E-state index contributed by atoms with van der Waals surface area (Å²) in [6, 6.07) is 0. The molecule has 0 spiro atoms. The first-order valence-corrected chi connectivity index (χ1v) is 3.71.